The summed E-state index contributed by atoms with van der Waals surface area (Å²) in [6, 6.07) is 2.38. The summed E-state index contributed by atoms with van der Waals surface area (Å²) in [6.07, 6.45) is -0.922. The number of rotatable bonds is 12. The number of hydrogen-bond acceptors (Lipinski definition) is 7. The van der Waals surface area contributed by atoms with Crippen LogP contribution < -0.4 is 10.6 Å². The standard InChI is InChI=1S/C21H27FN2O8/c1-4-31-17(26)11-14(21(30)32-5-2)18(20(28)29)24-19(27)16(23-12(3)25)10-13-8-6-7-9-15(13)22/h6-9,14,16,18H,4-5,10-11H2,1-3H3,(H,23,25)(H,24,27)(H,28,29)/t14-,16+,18+/m1/s1. The third-order valence-corrected chi connectivity index (χ3v) is 4.32. The van der Waals surface area contributed by atoms with Gasteiger partial charge in [0.15, 0.2) is 0 Å². The van der Waals surface area contributed by atoms with Crippen LogP contribution in [0.15, 0.2) is 24.3 Å². The Morgan fingerprint density at radius 3 is 2.19 bits per heavy atom. The Bertz CT molecular complexity index is 845. The predicted molar refractivity (Wildman–Crippen MR) is 109 cm³/mol. The molecule has 11 heteroatoms. The van der Waals surface area contributed by atoms with Crippen LogP contribution in [0.4, 0.5) is 4.39 Å². The van der Waals surface area contributed by atoms with E-state index in [9.17, 15) is 33.5 Å². The van der Waals surface area contributed by atoms with Crippen molar-refractivity contribution in [2.45, 2.75) is 45.7 Å². The van der Waals surface area contributed by atoms with Gasteiger partial charge >= 0.3 is 17.9 Å². The number of carbonyl (C=O) groups excluding carboxylic acids is 4. The van der Waals surface area contributed by atoms with E-state index in [1.165, 1.54) is 38.1 Å². The van der Waals surface area contributed by atoms with Crippen LogP contribution in [0, 0.1) is 11.7 Å². The first-order valence-electron chi connectivity index (χ1n) is 9.96. The second-order valence-corrected chi connectivity index (χ2v) is 6.74. The van der Waals surface area contributed by atoms with Gasteiger partial charge in [0.05, 0.1) is 25.6 Å². The van der Waals surface area contributed by atoms with Crippen LogP contribution in [0.5, 0.6) is 0 Å². The van der Waals surface area contributed by atoms with Crippen molar-refractivity contribution in [2.75, 3.05) is 13.2 Å². The first kappa shape index (κ1) is 26.5. The molecule has 0 heterocycles. The topological polar surface area (TPSA) is 148 Å². The van der Waals surface area contributed by atoms with E-state index in [4.69, 9.17) is 9.47 Å². The average molecular weight is 454 g/mol. The molecule has 0 saturated carbocycles. The molecule has 1 aromatic rings. The minimum atomic E-state index is -1.86. The minimum Gasteiger partial charge on any atom is -0.480 e. The van der Waals surface area contributed by atoms with E-state index in [1.54, 1.807) is 0 Å². The lowest BCUT2D eigenvalue weighted by molar-refractivity contribution is -0.160. The normalized spacial score (nSPS) is 13.2. The van der Waals surface area contributed by atoms with Crippen molar-refractivity contribution < 1.29 is 42.9 Å². The molecule has 0 aliphatic heterocycles. The van der Waals surface area contributed by atoms with Crippen LogP contribution in [-0.2, 0) is 39.9 Å². The Morgan fingerprint density at radius 1 is 1.03 bits per heavy atom. The highest BCUT2D eigenvalue weighted by Crippen LogP contribution is 2.15. The quantitative estimate of drug-likeness (QED) is 0.388. The Kier molecular flexibility index (Phi) is 10.8. The lowest BCUT2D eigenvalue weighted by Gasteiger charge is -2.25. The summed E-state index contributed by atoms with van der Waals surface area (Å²) in [5, 5.41) is 14.1. The maximum atomic E-state index is 14.0. The van der Waals surface area contributed by atoms with Gasteiger partial charge in [0.2, 0.25) is 11.8 Å². The summed E-state index contributed by atoms with van der Waals surface area (Å²) in [4.78, 5) is 60.5. The molecule has 3 N–H and O–H groups in total. The molecule has 0 saturated heterocycles. The second-order valence-electron chi connectivity index (χ2n) is 6.74. The van der Waals surface area contributed by atoms with E-state index >= 15 is 0 Å². The van der Waals surface area contributed by atoms with Crippen LogP contribution in [0.3, 0.4) is 0 Å². The minimum absolute atomic E-state index is 0.00568. The molecule has 3 atom stereocenters. The molecule has 1 aromatic carbocycles. The van der Waals surface area contributed by atoms with Crippen molar-refractivity contribution in [3.63, 3.8) is 0 Å². The number of hydrogen-bond donors (Lipinski definition) is 3. The molecule has 32 heavy (non-hydrogen) atoms. The van der Waals surface area contributed by atoms with E-state index in [1.807, 2.05) is 0 Å². The number of carbonyl (C=O) groups is 5. The summed E-state index contributed by atoms with van der Waals surface area (Å²) in [5.41, 5.74) is 0.113. The third-order valence-electron chi connectivity index (χ3n) is 4.32. The van der Waals surface area contributed by atoms with Crippen molar-refractivity contribution in [3.05, 3.63) is 35.6 Å². The molecular weight excluding hydrogens is 427 g/mol. The Balaban J connectivity index is 3.16. The van der Waals surface area contributed by atoms with Gasteiger partial charge in [0.25, 0.3) is 0 Å². The van der Waals surface area contributed by atoms with Crippen molar-refractivity contribution >= 4 is 29.7 Å². The summed E-state index contributed by atoms with van der Waals surface area (Å²) in [5.74, 6) is -7.25. The molecule has 0 spiro atoms. The highest BCUT2D eigenvalue weighted by molar-refractivity contribution is 5.93. The average Bonchev–Trinajstić information content (AvgIpc) is 2.71. The molecule has 2 amide bonds. The number of nitrogens with one attached hydrogen (secondary N) is 2. The third kappa shape index (κ3) is 8.32. The van der Waals surface area contributed by atoms with Gasteiger partial charge in [-0.25, -0.2) is 9.18 Å². The van der Waals surface area contributed by atoms with Crippen molar-refractivity contribution in [3.8, 4) is 0 Å². The SMILES string of the molecule is CCOC(=O)C[C@@H](C(=O)OCC)[C@H](NC(=O)[C@H](Cc1ccccc1F)NC(C)=O)C(=O)O. The highest BCUT2D eigenvalue weighted by Gasteiger charge is 2.39. The first-order valence-corrected chi connectivity index (χ1v) is 9.96. The fraction of sp³-hybridized carbons (Fsp3) is 0.476. The summed E-state index contributed by atoms with van der Waals surface area (Å²) >= 11 is 0. The van der Waals surface area contributed by atoms with E-state index in [0.29, 0.717) is 0 Å². The zero-order valence-corrected chi connectivity index (χ0v) is 18.1. The van der Waals surface area contributed by atoms with Crippen LogP contribution in [-0.4, -0.2) is 60.1 Å². The van der Waals surface area contributed by atoms with E-state index in [-0.39, 0.29) is 25.2 Å². The summed E-state index contributed by atoms with van der Waals surface area (Å²) in [6.45, 7) is 4.09. The van der Waals surface area contributed by atoms with Crippen LogP contribution in [0.2, 0.25) is 0 Å². The Hall–Kier alpha value is -3.50. The number of amides is 2. The van der Waals surface area contributed by atoms with E-state index < -0.39 is 60.0 Å². The first-order chi connectivity index (χ1) is 15.1. The number of carboxylic acids is 1. The van der Waals surface area contributed by atoms with Gasteiger partial charge in [-0.1, -0.05) is 18.2 Å². The molecule has 0 bridgehead atoms. The smallest absolute Gasteiger partial charge is 0.327 e. The number of ether oxygens (including phenoxy) is 2. The van der Waals surface area contributed by atoms with Gasteiger partial charge in [0, 0.05) is 13.3 Å². The predicted octanol–water partition coefficient (Wildman–Crippen LogP) is 0.575. The lowest BCUT2D eigenvalue weighted by Crippen LogP contribution is -2.56. The molecular formula is C21H27FN2O8. The zero-order chi connectivity index (χ0) is 24.3. The van der Waals surface area contributed by atoms with Crippen LogP contribution in [0.1, 0.15) is 32.8 Å². The molecule has 0 fully saturated rings. The molecule has 1 rings (SSSR count). The Morgan fingerprint density at radius 2 is 1.66 bits per heavy atom. The number of esters is 2. The molecule has 0 aliphatic rings. The monoisotopic (exact) mass is 454 g/mol. The van der Waals surface area contributed by atoms with Gasteiger partial charge in [-0.3, -0.25) is 19.2 Å². The number of aliphatic carboxylic acids is 1. The van der Waals surface area contributed by atoms with Gasteiger partial charge < -0.3 is 25.2 Å². The van der Waals surface area contributed by atoms with Crippen LogP contribution in [0.25, 0.3) is 0 Å². The van der Waals surface area contributed by atoms with E-state index in [0.717, 1.165) is 6.92 Å². The van der Waals surface area contributed by atoms with Crippen LogP contribution >= 0.6 is 0 Å². The number of carboxylic acid groups (broad SMARTS) is 1. The molecule has 0 aliphatic carbocycles. The lowest BCUT2D eigenvalue weighted by atomic mass is 9.95. The highest BCUT2D eigenvalue weighted by atomic mass is 19.1. The summed E-state index contributed by atoms with van der Waals surface area (Å²) in [7, 11) is 0. The fourth-order valence-electron chi connectivity index (χ4n) is 2.91. The molecule has 0 unspecified atom stereocenters. The van der Waals surface area contributed by atoms with Crippen molar-refractivity contribution in [1.29, 1.82) is 0 Å². The summed E-state index contributed by atoms with van der Waals surface area (Å²) < 4.78 is 23.7. The van der Waals surface area contributed by atoms with Gasteiger partial charge in [0.1, 0.15) is 17.9 Å². The van der Waals surface area contributed by atoms with Crippen molar-refractivity contribution in [1.82, 2.24) is 10.6 Å². The van der Waals surface area contributed by atoms with Gasteiger partial charge in [-0.05, 0) is 25.5 Å². The van der Waals surface area contributed by atoms with E-state index in [2.05, 4.69) is 10.6 Å². The largest absolute Gasteiger partial charge is 0.480 e. The second kappa shape index (κ2) is 13.0. The molecule has 10 nitrogen and oxygen atoms in total. The molecule has 176 valence electrons. The van der Waals surface area contributed by atoms with Gasteiger partial charge in [-0.2, -0.15) is 0 Å². The molecule has 0 radical (unpaired) electrons. The van der Waals surface area contributed by atoms with Crippen molar-refractivity contribution in [2.24, 2.45) is 5.92 Å². The maximum absolute atomic E-state index is 14.0. The molecule has 0 aromatic heterocycles. The zero-order valence-electron chi connectivity index (χ0n) is 18.1. The maximum Gasteiger partial charge on any atom is 0.327 e. The van der Waals surface area contributed by atoms with Gasteiger partial charge in [-0.15, -0.1) is 0 Å². The fourth-order valence-corrected chi connectivity index (χ4v) is 2.91. The number of benzene rings is 1. The number of halogens is 1. The Labute approximate surface area is 184 Å².